The molecule has 0 saturated carbocycles. The van der Waals surface area contributed by atoms with Crippen LogP contribution in [0.25, 0.3) is 0 Å². The fourth-order valence-corrected chi connectivity index (χ4v) is 2.95. The molecule has 0 bridgehead atoms. The zero-order valence-corrected chi connectivity index (χ0v) is 16.5. The Morgan fingerprint density at radius 2 is 1.79 bits per heavy atom. The fourth-order valence-electron chi connectivity index (χ4n) is 2.77. The number of nitrogens with one attached hydrogen (secondary N) is 2. The summed E-state index contributed by atoms with van der Waals surface area (Å²) in [4.78, 5) is 12.2. The van der Waals surface area contributed by atoms with Crippen molar-refractivity contribution in [2.24, 2.45) is 0 Å². The summed E-state index contributed by atoms with van der Waals surface area (Å²) in [6.07, 6.45) is 0.834. The SMILES string of the molecule is Cc1c(Cl)cccc1NCC(=O)Nc1cccc(OCCc2ccccc2)c1. The predicted molar refractivity (Wildman–Crippen MR) is 115 cm³/mol. The van der Waals surface area contributed by atoms with Gasteiger partial charge in [-0.1, -0.05) is 54.1 Å². The van der Waals surface area contributed by atoms with Crippen LogP contribution in [0.5, 0.6) is 5.75 Å². The average molecular weight is 395 g/mol. The summed E-state index contributed by atoms with van der Waals surface area (Å²) < 4.78 is 5.81. The standard InChI is InChI=1S/C23H23ClN2O2/c1-17-21(24)11-6-12-22(17)25-16-23(27)26-19-9-5-10-20(15-19)28-14-13-18-7-3-2-4-8-18/h2-12,15,25H,13-14,16H2,1H3,(H,26,27). The molecule has 0 aliphatic carbocycles. The minimum absolute atomic E-state index is 0.138. The summed E-state index contributed by atoms with van der Waals surface area (Å²) in [5, 5.41) is 6.67. The summed E-state index contributed by atoms with van der Waals surface area (Å²) in [6, 6.07) is 23.2. The van der Waals surface area contributed by atoms with Crippen LogP contribution in [-0.4, -0.2) is 19.1 Å². The third-order valence-electron chi connectivity index (χ3n) is 4.33. The number of rotatable bonds is 8. The van der Waals surface area contributed by atoms with E-state index in [9.17, 15) is 4.79 Å². The number of halogens is 1. The number of anilines is 2. The van der Waals surface area contributed by atoms with E-state index in [1.165, 1.54) is 5.56 Å². The minimum atomic E-state index is -0.138. The molecule has 0 radical (unpaired) electrons. The smallest absolute Gasteiger partial charge is 0.243 e. The number of benzene rings is 3. The van der Waals surface area contributed by atoms with Gasteiger partial charge in [0.05, 0.1) is 13.2 Å². The van der Waals surface area contributed by atoms with Crippen LogP contribution in [0.3, 0.4) is 0 Å². The highest BCUT2D eigenvalue weighted by Gasteiger charge is 2.06. The monoisotopic (exact) mass is 394 g/mol. The van der Waals surface area contributed by atoms with Gasteiger partial charge in [-0.3, -0.25) is 4.79 Å². The van der Waals surface area contributed by atoms with E-state index in [0.717, 1.165) is 23.4 Å². The summed E-state index contributed by atoms with van der Waals surface area (Å²) in [6.45, 7) is 2.65. The fraction of sp³-hybridized carbons (Fsp3) is 0.174. The van der Waals surface area contributed by atoms with Gasteiger partial charge < -0.3 is 15.4 Å². The Kier molecular flexibility index (Phi) is 6.93. The van der Waals surface area contributed by atoms with Crippen molar-refractivity contribution < 1.29 is 9.53 Å². The van der Waals surface area contributed by atoms with Crippen LogP contribution >= 0.6 is 11.6 Å². The summed E-state index contributed by atoms with van der Waals surface area (Å²) in [5.41, 5.74) is 3.70. The Morgan fingerprint density at radius 3 is 2.61 bits per heavy atom. The Bertz CT molecular complexity index is 929. The van der Waals surface area contributed by atoms with Gasteiger partial charge in [0.25, 0.3) is 0 Å². The van der Waals surface area contributed by atoms with E-state index in [4.69, 9.17) is 16.3 Å². The molecule has 3 rings (SSSR count). The second-order valence-corrected chi connectivity index (χ2v) is 6.83. The maximum Gasteiger partial charge on any atom is 0.243 e. The molecule has 0 aromatic heterocycles. The van der Waals surface area contributed by atoms with Crippen molar-refractivity contribution in [1.29, 1.82) is 0 Å². The van der Waals surface area contributed by atoms with E-state index in [1.54, 1.807) is 0 Å². The second-order valence-electron chi connectivity index (χ2n) is 6.43. The van der Waals surface area contributed by atoms with E-state index < -0.39 is 0 Å². The Morgan fingerprint density at radius 1 is 1.00 bits per heavy atom. The molecule has 0 fully saturated rings. The molecule has 3 aromatic carbocycles. The van der Waals surface area contributed by atoms with Gasteiger partial charge >= 0.3 is 0 Å². The number of amides is 1. The Hall–Kier alpha value is -2.98. The molecule has 28 heavy (non-hydrogen) atoms. The van der Waals surface area contributed by atoms with Crippen molar-refractivity contribution in [3.63, 3.8) is 0 Å². The van der Waals surface area contributed by atoms with Crippen molar-refractivity contribution in [2.45, 2.75) is 13.3 Å². The van der Waals surface area contributed by atoms with E-state index in [2.05, 4.69) is 22.8 Å². The van der Waals surface area contributed by atoms with E-state index in [-0.39, 0.29) is 12.5 Å². The highest BCUT2D eigenvalue weighted by atomic mass is 35.5. The molecule has 3 aromatic rings. The summed E-state index contributed by atoms with van der Waals surface area (Å²) in [5.74, 6) is 0.591. The van der Waals surface area contributed by atoms with Crippen LogP contribution in [0.4, 0.5) is 11.4 Å². The number of hydrogen-bond donors (Lipinski definition) is 2. The van der Waals surface area contributed by atoms with Gasteiger partial charge in [-0.2, -0.15) is 0 Å². The van der Waals surface area contributed by atoms with Gasteiger partial charge in [-0.05, 0) is 42.3 Å². The highest BCUT2D eigenvalue weighted by molar-refractivity contribution is 6.31. The molecule has 2 N–H and O–H groups in total. The lowest BCUT2D eigenvalue weighted by molar-refractivity contribution is -0.114. The quantitative estimate of drug-likeness (QED) is 0.543. The van der Waals surface area contributed by atoms with E-state index >= 15 is 0 Å². The second kappa shape index (κ2) is 9.81. The number of ether oxygens (including phenoxy) is 1. The van der Waals surface area contributed by atoms with E-state index in [0.29, 0.717) is 17.3 Å². The molecule has 0 aliphatic rings. The predicted octanol–water partition coefficient (Wildman–Crippen LogP) is 5.32. The number of hydrogen-bond acceptors (Lipinski definition) is 3. The number of carbonyl (C=O) groups excluding carboxylic acids is 1. The molecule has 0 aliphatic heterocycles. The molecule has 0 heterocycles. The topological polar surface area (TPSA) is 50.4 Å². The van der Waals surface area contributed by atoms with Crippen LogP contribution in [0, 0.1) is 6.92 Å². The zero-order chi connectivity index (χ0) is 19.8. The third kappa shape index (κ3) is 5.76. The van der Waals surface area contributed by atoms with Gasteiger partial charge in [0, 0.05) is 28.9 Å². The van der Waals surface area contributed by atoms with Crippen LogP contribution < -0.4 is 15.4 Å². The molecule has 0 atom stereocenters. The molecular weight excluding hydrogens is 372 g/mol. The first-order valence-electron chi connectivity index (χ1n) is 9.17. The average Bonchev–Trinajstić information content (AvgIpc) is 2.70. The van der Waals surface area contributed by atoms with Gasteiger partial charge in [0.2, 0.25) is 5.91 Å². The first-order valence-corrected chi connectivity index (χ1v) is 9.55. The lowest BCUT2D eigenvalue weighted by Crippen LogP contribution is -2.22. The molecule has 0 spiro atoms. The molecule has 1 amide bonds. The number of carbonyl (C=O) groups is 1. The van der Waals surface area contributed by atoms with Crippen molar-refractivity contribution in [2.75, 3.05) is 23.8 Å². The van der Waals surface area contributed by atoms with Gasteiger partial charge in [0.15, 0.2) is 0 Å². The molecule has 144 valence electrons. The first kappa shape index (κ1) is 19.8. The van der Waals surface area contributed by atoms with Crippen molar-refractivity contribution in [3.8, 4) is 5.75 Å². The maximum absolute atomic E-state index is 12.2. The molecular formula is C23H23ClN2O2. The highest BCUT2D eigenvalue weighted by Crippen LogP contribution is 2.23. The minimum Gasteiger partial charge on any atom is -0.493 e. The van der Waals surface area contributed by atoms with Crippen molar-refractivity contribution >= 4 is 28.9 Å². The maximum atomic E-state index is 12.2. The van der Waals surface area contributed by atoms with Crippen LogP contribution in [-0.2, 0) is 11.2 Å². The lowest BCUT2D eigenvalue weighted by Gasteiger charge is -2.12. The third-order valence-corrected chi connectivity index (χ3v) is 4.74. The lowest BCUT2D eigenvalue weighted by atomic mass is 10.2. The molecule has 0 saturated heterocycles. The van der Waals surface area contributed by atoms with Crippen LogP contribution in [0.2, 0.25) is 5.02 Å². The normalized spacial score (nSPS) is 10.4. The molecule has 5 heteroatoms. The summed E-state index contributed by atoms with van der Waals surface area (Å²) in [7, 11) is 0. The van der Waals surface area contributed by atoms with Gasteiger partial charge in [-0.15, -0.1) is 0 Å². The van der Waals surface area contributed by atoms with Crippen LogP contribution in [0.15, 0.2) is 72.8 Å². The van der Waals surface area contributed by atoms with E-state index in [1.807, 2.05) is 67.6 Å². The van der Waals surface area contributed by atoms with Gasteiger partial charge in [0.1, 0.15) is 5.75 Å². The zero-order valence-electron chi connectivity index (χ0n) is 15.7. The largest absolute Gasteiger partial charge is 0.493 e. The van der Waals surface area contributed by atoms with Crippen LogP contribution in [0.1, 0.15) is 11.1 Å². The molecule has 4 nitrogen and oxygen atoms in total. The first-order chi connectivity index (χ1) is 13.6. The van der Waals surface area contributed by atoms with Crippen molar-refractivity contribution in [1.82, 2.24) is 0 Å². The Balaban J connectivity index is 1.49. The van der Waals surface area contributed by atoms with Gasteiger partial charge in [-0.25, -0.2) is 0 Å². The van der Waals surface area contributed by atoms with Crippen molar-refractivity contribution in [3.05, 3.63) is 88.9 Å². The molecule has 0 unspecified atom stereocenters. The Labute approximate surface area is 170 Å². The summed E-state index contributed by atoms with van der Waals surface area (Å²) >= 11 is 6.10.